The van der Waals surface area contributed by atoms with Gasteiger partial charge in [0.1, 0.15) is 12.4 Å². The van der Waals surface area contributed by atoms with Crippen LogP contribution in [-0.2, 0) is 11.3 Å². The van der Waals surface area contributed by atoms with Crippen molar-refractivity contribution in [2.75, 3.05) is 0 Å². The van der Waals surface area contributed by atoms with E-state index in [-0.39, 0.29) is 34.3 Å². The van der Waals surface area contributed by atoms with Crippen molar-refractivity contribution in [3.05, 3.63) is 52.5 Å². The van der Waals surface area contributed by atoms with Gasteiger partial charge in [-0.15, -0.1) is 0 Å². The van der Waals surface area contributed by atoms with Crippen LogP contribution in [0, 0.1) is 0 Å². The molecule has 0 fully saturated rings. The van der Waals surface area contributed by atoms with Crippen LogP contribution in [0.1, 0.15) is 15.9 Å². The third-order valence-electron chi connectivity index (χ3n) is 2.81. The zero-order valence-electron chi connectivity index (χ0n) is 11.5. The van der Waals surface area contributed by atoms with Crippen LogP contribution in [0.2, 0.25) is 5.02 Å². The fraction of sp³-hybridized carbons (Fsp3) is 0.133. The number of carbonyl (C=O) groups is 1. The Hall–Kier alpha value is -2.54. The lowest BCUT2D eigenvalue weighted by atomic mass is 10.2. The molecule has 0 bridgehead atoms. The van der Waals surface area contributed by atoms with Crippen LogP contribution in [0.3, 0.4) is 0 Å². The molecule has 0 atom stereocenters. The number of ether oxygens (including phenoxy) is 2. The average molecular weight is 345 g/mol. The summed E-state index contributed by atoms with van der Waals surface area (Å²) in [5, 5.41) is 18.8. The van der Waals surface area contributed by atoms with E-state index in [9.17, 15) is 23.8 Å². The van der Waals surface area contributed by atoms with E-state index < -0.39 is 18.3 Å². The van der Waals surface area contributed by atoms with E-state index in [0.29, 0.717) is 0 Å². The standard InChI is InChI=1S/C15H11ClF2O5/c16-10-2-4-13(23-15(17)18)9(5-10)7-22-14(21)8-1-3-11(19)12(20)6-8/h1-6,15,19-20H,7H2. The van der Waals surface area contributed by atoms with Crippen LogP contribution in [-0.4, -0.2) is 22.8 Å². The highest BCUT2D eigenvalue weighted by Gasteiger charge is 2.14. The van der Waals surface area contributed by atoms with E-state index >= 15 is 0 Å². The molecule has 0 amide bonds. The second-order valence-corrected chi connectivity index (χ2v) is 4.85. The van der Waals surface area contributed by atoms with Crippen molar-refractivity contribution in [2.24, 2.45) is 0 Å². The molecule has 2 aromatic rings. The molecule has 0 aliphatic heterocycles. The molecule has 2 N–H and O–H groups in total. The lowest BCUT2D eigenvalue weighted by Gasteiger charge is -2.12. The number of carbonyl (C=O) groups excluding carboxylic acids is 1. The first kappa shape index (κ1) is 16.8. The summed E-state index contributed by atoms with van der Waals surface area (Å²) < 4.78 is 34.0. The predicted octanol–water partition coefficient (Wildman–Crippen LogP) is 3.71. The molecule has 2 aromatic carbocycles. The van der Waals surface area contributed by atoms with Crippen molar-refractivity contribution < 1.29 is 33.3 Å². The molecule has 0 radical (unpaired) electrons. The molecular formula is C15H11ClF2O5. The zero-order valence-corrected chi connectivity index (χ0v) is 12.3. The van der Waals surface area contributed by atoms with Gasteiger partial charge in [-0.25, -0.2) is 4.79 Å². The van der Waals surface area contributed by atoms with Gasteiger partial charge in [-0.1, -0.05) is 11.6 Å². The van der Waals surface area contributed by atoms with Crippen LogP contribution in [0.4, 0.5) is 8.78 Å². The van der Waals surface area contributed by atoms with Gasteiger partial charge in [0, 0.05) is 10.6 Å². The van der Waals surface area contributed by atoms with Crippen molar-refractivity contribution in [3.63, 3.8) is 0 Å². The Morgan fingerprint density at radius 1 is 1.13 bits per heavy atom. The topological polar surface area (TPSA) is 76.0 Å². The van der Waals surface area contributed by atoms with Gasteiger partial charge in [0.15, 0.2) is 11.5 Å². The van der Waals surface area contributed by atoms with E-state index in [1.165, 1.54) is 24.3 Å². The Morgan fingerprint density at radius 2 is 1.87 bits per heavy atom. The quantitative estimate of drug-likeness (QED) is 0.638. The molecule has 0 aliphatic rings. The van der Waals surface area contributed by atoms with Gasteiger partial charge in [0.25, 0.3) is 0 Å². The number of esters is 1. The minimum atomic E-state index is -3.03. The number of hydrogen-bond donors (Lipinski definition) is 2. The normalized spacial score (nSPS) is 10.6. The lowest BCUT2D eigenvalue weighted by molar-refractivity contribution is -0.0510. The van der Waals surface area contributed by atoms with Crippen LogP contribution in [0.25, 0.3) is 0 Å². The van der Waals surface area contributed by atoms with Crippen LogP contribution in [0.15, 0.2) is 36.4 Å². The van der Waals surface area contributed by atoms with Gasteiger partial charge < -0.3 is 19.7 Å². The summed E-state index contributed by atoms with van der Waals surface area (Å²) in [6.45, 7) is -3.39. The number of aromatic hydroxyl groups is 2. The smallest absolute Gasteiger partial charge is 0.387 e. The van der Waals surface area contributed by atoms with E-state index in [4.69, 9.17) is 16.3 Å². The van der Waals surface area contributed by atoms with Crippen molar-refractivity contribution >= 4 is 17.6 Å². The Labute approximate surface area is 134 Å². The first-order valence-electron chi connectivity index (χ1n) is 6.29. The summed E-state index contributed by atoms with van der Waals surface area (Å²) in [7, 11) is 0. The molecule has 8 heteroatoms. The second-order valence-electron chi connectivity index (χ2n) is 4.41. The highest BCUT2D eigenvalue weighted by molar-refractivity contribution is 6.30. The maximum absolute atomic E-state index is 12.3. The van der Waals surface area contributed by atoms with Crippen molar-refractivity contribution in [3.8, 4) is 17.2 Å². The van der Waals surface area contributed by atoms with Gasteiger partial charge in [0.05, 0.1) is 5.56 Å². The van der Waals surface area contributed by atoms with Crippen LogP contribution >= 0.6 is 11.6 Å². The monoisotopic (exact) mass is 344 g/mol. The molecule has 0 saturated carbocycles. The fourth-order valence-corrected chi connectivity index (χ4v) is 1.94. The third kappa shape index (κ3) is 4.46. The van der Waals surface area contributed by atoms with Gasteiger partial charge in [-0.3, -0.25) is 0 Å². The minimum Gasteiger partial charge on any atom is -0.504 e. The maximum Gasteiger partial charge on any atom is 0.387 e. The summed E-state index contributed by atoms with van der Waals surface area (Å²) in [4.78, 5) is 11.9. The number of phenolic OH excluding ortho intramolecular Hbond substituents is 2. The Bertz CT molecular complexity index is 721. The number of rotatable bonds is 5. The van der Waals surface area contributed by atoms with Crippen LogP contribution < -0.4 is 4.74 Å². The van der Waals surface area contributed by atoms with Crippen LogP contribution in [0.5, 0.6) is 17.2 Å². The van der Waals surface area contributed by atoms with Gasteiger partial charge in [0.2, 0.25) is 0 Å². The summed E-state index contributed by atoms with van der Waals surface area (Å²) in [6, 6.07) is 7.32. The Morgan fingerprint density at radius 3 is 2.52 bits per heavy atom. The molecule has 0 saturated heterocycles. The molecule has 0 heterocycles. The number of benzene rings is 2. The number of alkyl halides is 2. The van der Waals surface area contributed by atoms with E-state index in [1.807, 2.05) is 0 Å². The molecule has 23 heavy (non-hydrogen) atoms. The average Bonchev–Trinajstić information content (AvgIpc) is 2.49. The van der Waals surface area contributed by atoms with Gasteiger partial charge in [-0.05, 0) is 36.4 Å². The molecule has 2 rings (SSSR count). The summed E-state index contributed by atoms with van der Waals surface area (Å²) in [5.74, 6) is -1.85. The molecule has 0 spiro atoms. The highest BCUT2D eigenvalue weighted by atomic mass is 35.5. The van der Waals surface area contributed by atoms with E-state index in [2.05, 4.69) is 4.74 Å². The molecule has 122 valence electrons. The molecule has 0 aliphatic carbocycles. The summed E-state index contributed by atoms with van der Waals surface area (Å²) >= 11 is 5.78. The number of halogens is 3. The summed E-state index contributed by atoms with van der Waals surface area (Å²) in [6.07, 6.45) is 0. The van der Waals surface area contributed by atoms with Crippen molar-refractivity contribution in [2.45, 2.75) is 13.2 Å². The first-order valence-corrected chi connectivity index (χ1v) is 6.67. The lowest BCUT2D eigenvalue weighted by Crippen LogP contribution is -2.08. The van der Waals surface area contributed by atoms with Crippen molar-refractivity contribution in [1.82, 2.24) is 0 Å². The van der Waals surface area contributed by atoms with E-state index in [0.717, 1.165) is 12.1 Å². The predicted molar refractivity (Wildman–Crippen MR) is 77.0 cm³/mol. The molecular weight excluding hydrogens is 334 g/mol. The fourth-order valence-electron chi connectivity index (χ4n) is 1.75. The summed E-state index contributed by atoms with van der Waals surface area (Å²) in [5.41, 5.74) is 0.146. The second kappa shape index (κ2) is 7.15. The molecule has 5 nitrogen and oxygen atoms in total. The minimum absolute atomic E-state index is 0.0151. The Kier molecular flexibility index (Phi) is 5.23. The zero-order chi connectivity index (χ0) is 17.0. The largest absolute Gasteiger partial charge is 0.504 e. The first-order chi connectivity index (χ1) is 10.9. The van der Waals surface area contributed by atoms with E-state index in [1.54, 1.807) is 0 Å². The van der Waals surface area contributed by atoms with Gasteiger partial charge >= 0.3 is 12.6 Å². The van der Waals surface area contributed by atoms with Gasteiger partial charge in [-0.2, -0.15) is 8.78 Å². The number of phenols is 2. The molecule has 0 unspecified atom stereocenters. The highest BCUT2D eigenvalue weighted by Crippen LogP contribution is 2.27. The third-order valence-corrected chi connectivity index (χ3v) is 3.04. The molecule has 0 aromatic heterocycles. The Balaban J connectivity index is 2.11. The number of hydrogen-bond acceptors (Lipinski definition) is 5. The SMILES string of the molecule is O=C(OCc1cc(Cl)ccc1OC(F)F)c1ccc(O)c(O)c1. The maximum atomic E-state index is 12.3. The van der Waals surface area contributed by atoms with Crippen molar-refractivity contribution in [1.29, 1.82) is 0 Å².